The van der Waals surface area contributed by atoms with Crippen LogP contribution in [-0.2, 0) is 13.0 Å². The number of rotatable bonds is 5. The van der Waals surface area contributed by atoms with Crippen LogP contribution in [0.15, 0.2) is 78.9 Å². The molecule has 176 valence electrons. The number of carbonyl (C=O) groups is 2. The van der Waals surface area contributed by atoms with Crippen LogP contribution in [-0.4, -0.2) is 22.9 Å². The fraction of sp³-hybridized carbons (Fsp3) is 0.172. The van der Waals surface area contributed by atoms with Gasteiger partial charge in [-0.2, -0.15) is 0 Å². The third-order valence-electron chi connectivity index (χ3n) is 6.49. The van der Waals surface area contributed by atoms with Crippen molar-refractivity contribution in [1.82, 2.24) is 9.88 Å². The van der Waals surface area contributed by atoms with E-state index in [1.807, 2.05) is 42.5 Å². The van der Waals surface area contributed by atoms with E-state index in [-0.39, 0.29) is 17.6 Å². The van der Waals surface area contributed by atoms with Gasteiger partial charge < -0.3 is 14.8 Å². The summed E-state index contributed by atoms with van der Waals surface area (Å²) in [5.74, 6) is -0.637. The Labute approximate surface area is 203 Å². The van der Waals surface area contributed by atoms with Gasteiger partial charge in [0, 0.05) is 47.0 Å². The number of aromatic nitrogens is 1. The highest BCUT2D eigenvalue weighted by atomic mass is 19.1. The monoisotopic (exact) mass is 467 g/mol. The molecule has 0 fully saturated rings. The highest BCUT2D eigenvalue weighted by Crippen LogP contribution is 2.30. The predicted octanol–water partition coefficient (Wildman–Crippen LogP) is 5.37. The number of nitrogens with one attached hydrogen (secondary N) is 1. The number of nitrogens with zero attached hydrogens (tertiary/aromatic N) is 2. The van der Waals surface area contributed by atoms with Crippen molar-refractivity contribution >= 4 is 17.5 Å². The normalized spacial score (nSPS) is 12.5. The molecule has 1 aliphatic heterocycles. The second-order valence-electron chi connectivity index (χ2n) is 8.86. The molecule has 4 aromatic rings. The minimum absolute atomic E-state index is 0.133. The lowest BCUT2D eigenvalue weighted by Gasteiger charge is -2.18. The second-order valence-corrected chi connectivity index (χ2v) is 8.86. The Hall–Kier alpha value is -4.19. The average Bonchev–Trinajstić information content (AvgIpc) is 3.44. The minimum atomic E-state index is -0.364. The summed E-state index contributed by atoms with van der Waals surface area (Å²) in [7, 11) is 0. The van der Waals surface area contributed by atoms with Crippen LogP contribution < -0.4 is 10.2 Å². The molecule has 0 saturated heterocycles. The summed E-state index contributed by atoms with van der Waals surface area (Å²) in [6.45, 7) is 5.09. The molecule has 0 aliphatic carbocycles. The fourth-order valence-corrected chi connectivity index (χ4v) is 4.65. The molecule has 0 atom stereocenters. The molecule has 2 amide bonds. The number of carbonyl (C=O) groups excluding carboxylic acids is 2. The molecule has 0 spiro atoms. The molecule has 2 heterocycles. The number of aryl methyl sites for hydroxylation is 2. The van der Waals surface area contributed by atoms with Crippen molar-refractivity contribution in [2.45, 2.75) is 26.8 Å². The highest BCUT2D eigenvalue weighted by Gasteiger charge is 2.25. The molecule has 0 saturated carbocycles. The predicted molar refractivity (Wildman–Crippen MR) is 135 cm³/mol. The van der Waals surface area contributed by atoms with Gasteiger partial charge in [-0.25, -0.2) is 4.39 Å². The van der Waals surface area contributed by atoms with Gasteiger partial charge >= 0.3 is 0 Å². The number of halogens is 1. The van der Waals surface area contributed by atoms with E-state index >= 15 is 0 Å². The molecule has 0 radical (unpaired) electrons. The molecule has 0 unspecified atom stereocenters. The Bertz CT molecular complexity index is 1390. The van der Waals surface area contributed by atoms with Gasteiger partial charge in [-0.3, -0.25) is 9.59 Å². The van der Waals surface area contributed by atoms with Gasteiger partial charge in [0.05, 0.1) is 0 Å². The molecule has 35 heavy (non-hydrogen) atoms. The molecule has 3 aromatic carbocycles. The van der Waals surface area contributed by atoms with Gasteiger partial charge in [-0.05, 0) is 98.1 Å². The molecule has 5 rings (SSSR count). The van der Waals surface area contributed by atoms with E-state index < -0.39 is 0 Å². The van der Waals surface area contributed by atoms with E-state index in [0.717, 1.165) is 40.3 Å². The largest absolute Gasteiger partial charge is 0.348 e. The van der Waals surface area contributed by atoms with Crippen molar-refractivity contribution in [1.29, 1.82) is 0 Å². The third kappa shape index (κ3) is 4.47. The highest BCUT2D eigenvalue weighted by molar-refractivity contribution is 6.07. The van der Waals surface area contributed by atoms with Crippen LogP contribution in [0.4, 0.5) is 10.1 Å². The standard InChI is InChI=1S/C29H26FN3O2/c1-19-3-4-20(2)33(19)26-12-8-22(9-13-26)28(34)31-18-21-5-14-27-24(17-21)15-16-32(27)29(35)23-6-10-25(30)11-7-23/h3-14,17H,15-16,18H2,1-2H3,(H,31,34). The van der Waals surface area contributed by atoms with Crippen molar-refractivity contribution in [3.05, 3.63) is 118 Å². The number of amides is 2. The zero-order chi connectivity index (χ0) is 24.5. The lowest BCUT2D eigenvalue weighted by molar-refractivity contribution is 0.0949. The number of fused-ring (bicyclic) bond motifs is 1. The Kier molecular flexibility index (Phi) is 5.95. The van der Waals surface area contributed by atoms with Crippen LogP contribution in [0, 0.1) is 19.7 Å². The van der Waals surface area contributed by atoms with Crippen molar-refractivity contribution in [2.75, 3.05) is 11.4 Å². The first-order valence-corrected chi connectivity index (χ1v) is 11.6. The smallest absolute Gasteiger partial charge is 0.258 e. The lowest BCUT2D eigenvalue weighted by Crippen LogP contribution is -2.28. The Morgan fingerprint density at radius 3 is 2.20 bits per heavy atom. The maximum atomic E-state index is 13.2. The van der Waals surface area contributed by atoms with Crippen molar-refractivity contribution in [3.8, 4) is 5.69 Å². The molecular formula is C29H26FN3O2. The first-order chi connectivity index (χ1) is 16.9. The third-order valence-corrected chi connectivity index (χ3v) is 6.49. The molecule has 0 bridgehead atoms. The molecule has 6 heteroatoms. The van der Waals surface area contributed by atoms with Crippen LogP contribution in [0.2, 0.25) is 0 Å². The summed E-state index contributed by atoms with van der Waals surface area (Å²) < 4.78 is 15.3. The summed E-state index contributed by atoms with van der Waals surface area (Å²) in [6, 6.07) is 23.2. The van der Waals surface area contributed by atoms with Crippen molar-refractivity contribution in [2.24, 2.45) is 0 Å². The van der Waals surface area contributed by atoms with Gasteiger partial charge in [0.1, 0.15) is 5.82 Å². The summed E-state index contributed by atoms with van der Waals surface area (Å²) >= 11 is 0. The van der Waals surface area contributed by atoms with Crippen LogP contribution in [0.5, 0.6) is 0 Å². The number of hydrogen-bond donors (Lipinski definition) is 1. The summed E-state index contributed by atoms with van der Waals surface area (Å²) in [6.07, 6.45) is 0.740. The van der Waals surface area contributed by atoms with E-state index in [4.69, 9.17) is 0 Å². The Morgan fingerprint density at radius 1 is 0.857 bits per heavy atom. The number of benzene rings is 3. The quantitative estimate of drug-likeness (QED) is 0.429. The van der Waals surface area contributed by atoms with Gasteiger partial charge in [0.2, 0.25) is 0 Å². The van der Waals surface area contributed by atoms with E-state index in [9.17, 15) is 14.0 Å². The molecule has 1 N–H and O–H groups in total. The summed E-state index contributed by atoms with van der Waals surface area (Å²) in [4.78, 5) is 27.3. The van der Waals surface area contributed by atoms with Gasteiger partial charge in [-0.1, -0.05) is 12.1 Å². The van der Waals surface area contributed by atoms with Crippen LogP contribution >= 0.6 is 0 Å². The minimum Gasteiger partial charge on any atom is -0.348 e. The zero-order valence-corrected chi connectivity index (χ0v) is 19.7. The number of anilines is 1. The Morgan fingerprint density at radius 2 is 1.51 bits per heavy atom. The van der Waals surface area contributed by atoms with E-state index in [2.05, 4.69) is 35.9 Å². The lowest BCUT2D eigenvalue weighted by atomic mass is 10.1. The van der Waals surface area contributed by atoms with Crippen molar-refractivity contribution < 1.29 is 14.0 Å². The average molecular weight is 468 g/mol. The summed E-state index contributed by atoms with van der Waals surface area (Å²) in [5.41, 5.74) is 7.29. The first-order valence-electron chi connectivity index (χ1n) is 11.6. The molecule has 5 nitrogen and oxygen atoms in total. The molecular weight excluding hydrogens is 441 g/mol. The SMILES string of the molecule is Cc1ccc(C)n1-c1ccc(C(=O)NCc2ccc3c(c2)CCN3C(=O)c2ccc(F)cc2)cc1. The molecule has 1 aliphatic rings. The maximum Gasteiger partial charge on any atom is 0.258 e. The van der Waals surface area contributed by atoms with E-state index in [1.165, 1.54) is 24.3 Å². The second kappa shape index (κ2) is 9.22. The zero-order valence-electron chi connectivity index (χ0n) is 19.7. The number of hydrogen-bond acceptors (Lipinski definition) is 2. The van der Waals surface area contributed by atoms with Gasteiger partial charge in [-0.15, -0.1) is 0 Å². The van der Waals surface area contributed by atoms with Gasteiger partial charge in [0.25, 0.3) is 11.8 Å². The fourth-order valence-electron chi connectivity index (χ4n) is 4.65. The van der Waals surface area contributed by atoms with Crippen LogP contribution in [0.3, 0.4) is 0 Å². The van der Waals surface area contributed by atoms with Gasteiger partial charge in [0.15, 0.2) is 0 Å². The van der Waals surface area contributed by atoms with E-state index in [1.54, 1.807) is 4.90 Å². The topological polar surface area (TPSA) is 54.3 Å². The van der Waals surface area contributed by atoms with Crippen LogP contribution in [0.1, 0.15) is 43.2 Å². The first kappa shape index (κ1) is 22.6. The molecule has 1 aromatic heterocycles. The Balaban J connectivity index is 1.24. The summed E-state index contributed by atoms with van der Waals surface area (Å²) in [5, 5.41) is 2.99. The maximum absolute atomic E-state index is 13.2. The van der Waals surface area contributed by atoms with Crippen molar-refractivity contribution in [3.63, 3.8) is 0 Å². The van der Waals surface area contributed by atoms with Crippen LogP contribution in [0.25, 0.3) is 5.69 Å². The van der Waals surface area contributed by atoms with E-state index in [0.29, 0.717) is 24.2 Å².